The molecule has 2 N–H and O–H groups in total. The first-order valence-corrected chi connectivity index (χ1v) is 7.38. The predicted octanol–water partition coefficient (Wildman–Crippen LogP) is 2.74. The maximum absolute atomic E-state index is 9.62. The number of H-pyrrole nitrogens is 1. The summed E-state index contributed by atoms with van der Waals surface area (Å²) in [7, 11) is 0. The highest BCUT2D eigenvalue weighted by molar-refractivity contribution is 5.56. The van der Waals surface area contributed by atoms with Crippen LogP contribution < -0.4 is 10.3 Å². The largest absolute Gasteiger partial charge is 0.465 e. The van der Waals surface area contributed by atoms with E-state index >= 15 is 0 Å². The van der Waals surface area contributed by atoms with Crippen LogP contribution in [-0.2, 0) is 24.3 Å². The number of fused-ring (bicyclic) bond motifs is 1. The lowest BCUT2D eigenvalue weighted by Crippen LogP contribution is -2.35. The third kappa shape index (κ3) is 2.70. The van der Waals surface area contributed by atoms with Gasteiger partial charge in [0.15, 0.2) is 0 Å². The molecule has 2 aromatic heterocycles. The van der Waals surface area contributed by atoms with Crippen LogP contribution in [0.2, 0.25) is 0 Å². The van der Waals surface area contributed by atoms with Crippen LogP contribution in [0.5, 0.6) is 0 Å². The van der Waals surface area contributed by atoms with Crippen LogP contribution in [0.1, 0.15) is 42.0 Å². The van der Waals surface area contributed by atoms with Gasteiger partial charge in [0.1, 0.15) is 29.6 Å². The molecule has 0 aromatic carbocycles. The van der Waals surface area contributed by atoms with Gasteiger partial charge in [-0.3, -0.25) is 5.32 Å². The highest BCUT2D eigenvalue weighted by Gasteiger charge is 2.32. The Hall–Kier alpha value is -2.32. The van der Waals surface area contributed by atoms with Crippen LogP contribution >= 0.6 is 0 Å². The second-order valence-electron chi connectivity index (χ2n) is 6.23. The van der Waals surface area contributed by atoms with E-state index in [9.17, 15) is 5.26 Å². The molecule has 22 heavy (non-hydrogen) atoms. The SMILES string of the molecule is Cc1[nH+]c(NCc2ccco2)c(C#N)c2c1COC(C)(C)C2. The Kier molecular flexibility index (Phi) is 3.63. The molecule has 0 unspecified atom stereocenters. The number of aromatic nitrogens is 1. The van der Waals surface area contributed by atoms with Crippen LogP contribution in [0.25, 0.3) is 0 Å². The Morgan fingerprint density at radius 3 is 2.91 bits per heavy atom. The highest BCUT2D eigenvalue weighted by Crippen LogP contribution is 2.32. The molecule has 114 valence electrons. The van der Waals surface area contributed by atoms with Crippen LogP contribution in [0.4, 0.5) is 5.82 Å². The lowest BCUT2D eigenvalue weighted by Gasteiger charge is -2.32. The molecule has 1 aliphatic rings. The van der Waals surface area contributed by atoms with Gasteiger partial charge in [-0.1, -0.05) is 0 Å². The number of hydrogen-bond acceptors (Lipinski definition) is 4. The van der Waals surface area contributed by atoms with Crippen molar-refractivity contribution in [2.75, 3.05) is 5.32 Å². The number of nitrogens with zero attached hydrogens (tertiary/aromatic N) is 1. The van der Waals surface area contributed by atoms with Crippen molar-refractivity contribution in [3.63, 3.8) is 0 Å². The molecule has 0 saturated carbocycles. The summed E-state index contributed by atoms with van der Waals surface area (Å²) in [4.78, 5) is 3.29. The van der Waals surface area contributed by atoms with E-state index in [0.29, 0.717) is 18.7 Å². The summed E-state index contributed by atoms with van der Waals surface area (Å²) in [6, 6.07) is 6.09. The van der Waals surface area contributed by atoms with E-state index in [0.717, 1.165) is 34.8 Å². The second kappa shape index (κ2) is 5.47. The fourth-order valence-electron chi connectivity index (χ4n) is 2.83. The van der Waals surface area contributed by atoms with E-state index in [-0.39, 0.29) is 5.60 Å². The second-order valence-corrected chi connectivity index (χ2v) is 6.23. The van der Waals surface area contributed by atoms with Gasteiger partial charge in [-0.05, 0) is 38.5 Å². The van der Waals surface area contributed by atoms with Crippen molar-refractivity contribution in [3.05, 3.63) is 46.5 Å². The number of aromatic amines is 1. The molecule has 0 saturated heterocycles. The van der Waals surface area contributed by atoms with Crippen molar-refractivity contribution in [2.24, 2.45) is 0 Å². The van der Waals surface area contributed by atoms with Gasteiger partial charge >= 0.3 is 0 Å². The number of anilines is 1. The quantitative estimate of drug-likeness (QED) is 0.945. The van der Waals surface area contributed by atoms with Gasteiger partial charge in [-0.15, -0.1) is 0 Å². The number of ether oxygens (including phenoxy) is 1. The molecule has 0 bridgehead atoms. The minimum Gasteiger partial charge on any atom is -0.465 e. The maximum Gasteiger partial charge on any atom is 0.291 e. The van der Waals surface area contributed by atoms with E-state index in [4.69, 9.17) is 9.15 Å². The van der Waals surface area contributed by atoms with Gasteiger partial charge in [-0.25, -0.2) is 4.98 Å². The molecular weight excluding hydrogens is 278 g/mol. The van der Waals surface area contributed by atoms with Gasteiger partial charge in [0, 0.05) is 12.0 Å². The molecule has 5 nitrogen and oxygen atoms in total. The summed E-state index contributed by atoms with van der Waals surface area (Å²) in [5.74, 6) is 1.57. The molecule has 1 aliphatic heterocycles. The molecule has 2 aromatic rings. The van der Waals surface area contributed by atoms with E-state index in [1.807, 2.05) is 19.1 Å². The fraction of sp³-hybridized carbons (Fsp3) is 0.412. The van der Waals surface area contributed by atoms with Gasteiger partial charge in [-0.2, -0.15) is 5.26 Å². The number of aryl methyl sites for hydroxylation is 1. The Morgan fingerprint density at radius 1 is 1.41 bits per heavy atom. The minimum absolute atomic E-state index is 0.245. The zero-order valence-corrected chi connectivity index (χ0v) is 13.1. The minimum atomic E-state index is -0.245. The number of pyridine rings is 1. The molecule has 0 amide bonds. The molecule has 0 atom stereocenters. The Balaban J connectivity index is 1.97. The molecule has 0 fully saturated rings. The van der Waals surface area contributed by atoms with Crippen molar-refractivity contribution in [1.82, 2.24) is 0 Å². The van der Waals surface area contributed by atoms with Gasteiger partial charge in [0.2, 0.25) is 0 Å². The van der Waals surface area contributed by atoms with Crippen molar-refractivity contribution in [3.8, 4) is 6.07 Å². The number of nitriles is 1. The van der Waals surface area contributed by atoms with E-state index in [1.165, 1.54) is 0 Å². The van der Waals surface area contributed by atoms with Gasteiger partial charge < -0.3 is 9.15 Å². The summed E-state index contributed by atoms with van der Waals surface area (Å²) in [6.07, 6.45) is 2.38. The van der Waals surface area contributed by atoms with Crippen LogP contribution in [0.15, 0.2) is 22.8 Å². The summed E-state index contributed by atoms with van der Waals surface area (Å²) >= 11 is 0. The van der Waals surface area contributed by atoms with Crippen molar-refractivity contribution >= 4 is 5.82 Å². The van der Waals surface area contributed by atoms with Gasteiger partial charge in [0.05, 0.1) is 18.5 Å². The van der Waals surface area contributed by atoms with E-state index in [1.54, 1.807) is 6.26 Å². The number of hydrogen-bond donors (Lipinski definition) is 1. The predicted molar refractivity (Wildman–Crippen MR) is 81.1 cm³/mol. The number of furan rings is 1. The Bertz CT molecular complexity index is 727. The average Bonchev–Trinajstić information content (AvgIpc) is 2.97. The van der Waals surface area contributed by atoms with Crippen molar-refractivity contribution < 1.29 is 14.1 Å². The zero-order valence-electron chi connectivity index (χ0n) is 13.1. The summed E-state index contributed by atoms with van der Waals surface area (Å²) < 4.78 is 11.2. The molecule has 3 rings (SSSR count). The monoisotopic (exact) mass is 298 g/mol. The highest BCUT2D eigenvalue weighted by atomic mass is 16.5. The van der Waals surface area contributed by atoms with Crippen LogP contribution in [0.3, 0.4) is 0 Å². The lowest BCUT2D eigenvalue weighted by atomic mass is 9.88. The number of rotatable bonds is 3. The molecule has 0 spiro atoms. The standard InChI is InChI=1S/C17H19N3O2/c1-11-15-10-22-17(2,3)7-13(15)14(8-18)16(20-11)19-9-12-5-4-6-21-12/h4-6H,7,9-10H2,1-3H3,(H,19,20)/p+1. The third-order valence-corrected chi connectivity index (χ3v) is 4.02. The fourth-order valence-corrected chi connectivity index (χ4v) is 2.83. The first-order chi connectivity index (χ1) is 10.5. The molecule has 0 aliphatic carbocycles. The zero-order chi connectivity index (χ0) is 15.7. The molecule has 0 radical (unpaired) electrons. The smallest absolute Gasteiger partial charge is 0.291 e. The van der Waals surface area contributed by atoms with E-state index in [2.05, 4.69) is 30.2 Å². The average molecular weight is 298 g/mol. The van der Waals surface area contributed by atoms with E-state index < -0.39 is 0 Å². The summed E-state index contributed by atoms with van der Waals surface area (Å²) in [5, 5.41) is 12.9. The lowest BCUT2D eigenvalue weighted by molar-refractivity contribution is -0.373. The van der Waals surface area contributed by atoms with Gasteiger partial charge in [0.25, 0.3) is 5.82 Å². The first-order valence-electron chi connectivity index (χ1n) is 7.38. The third-order valence-electron chi connectivity index (χ3n) is 4.02. The molecule has 5 heteroatoms. The normalized spacial score (nSPS) is 15.9. The molecular formula is C17H20N3O2+. The number of nitrogens with one attached hydrogen (secondary N) is 2. The Labute approximate surface area is 129 Å². The Morgan fingerprint density at radius 2 is 2.23 bits per heavy atom. The summed E-state index contributed by atoms with van der Waals surface area (Å²) in [6.45, 7) is 7.20. The maximum atomic E-state index is 9.62. The van der Waals surface area contributed by atoms with Crippen molar-refractivity contribution in [1.29, 1.82) is 5.26 Å². The van der Waals surface area contributed by atoms with Crippen LogP contribution in [-0.4, -0.2) is 5.60 Å². The topological polar surface area (TPSA) is 72.3 Å². The van der Waals surface area contributed by atoms with Crippen LogP contribution in [0, 0.1) is 18.3 Å². The summed E-state index contributed by atoms with van der Waals surface area (Å²) in [5.41, 5.74) is 3.64. The van der Waals surface area contributed by atoms with Crippen molar-refractivity contribution in [2.45, 2.75) is 45.9 Å². The first kappa shape index (κ1) is 14.6. The molecule has 3 heterocycles.